The van der Waals surface area contributed by atoms with Crippen LogP contribution in [0, 0.1) is 17.6 Å². The summed E-state index contributed by atoms with van der Waals surface area (Å²) in [6.07, 6.45) is 1.68. The summed E-state index contributed by atoms with van der Waals surface area (Å²) in [6, 6.07) is 13.1. The second-order valence-electron chi connectivity index (χ2n) is 11.9. The number of hydrogen-bond donors (Lipinski definition) is 3. The molecule has 11 heteroatoms. The monoisotopic (exact) mass is 587 g/mol. The number of amides is 3. The second kappa shape index (κ2) is 11.5. The number of urea groups is 1. The molecule has 0 bridgehead atoms. The van der Waals surface area contributed by atoms with Crippen molar-refractivity contribution in [3.8, 4) is 11.3 Å². The molecule has 4 aromatic rings. The minimum Gasteiger partial charge on any atom is -0.373 e. The van der Waals surface area contributed by atoms with E-state index in [-0.39, 0.29) is 24.1 Å². The Kier molecular flexibility index (Phi) is 7.92. The van der Waals surface area contributed by atoms with Crippen molar-refractivity contribution in [1.29, 1.82) is 0 Å². The Morgan fingerprint density at radius 2 is 1.70 bits per heavy atom. The Balaban J connectivity index is 1.42. The van der Waals surface area contributed by atoms with Crippen LogP contribution in [0.3, 0.4) is 0 Å². The lowest BCUT2D eigenvalue weighted by Crippen LogP contribution is -2.42. The number of fused-ring (bicyclic) bond motifs is 1. The van der Waals surface area contributed by atoms with Gasteiger partial charge in [0.05, 0.1) is 35.1 Å². The molecule has 0 fully saturated rings. The van der Waals surface area contributed by atoms with Crippen LogP contribution in [0.1, 0.15) is 51.8 Å². The van der Waals surface area contributed by atoms with Gasteiger partial charge in [-0.2, -0.15) is 5.10 Å². The number of nitrogens with zero attached hydrogens (tertiary/aromatic N) is 4. The number of nitrogens with one attached hydrogen (secondary N) is 3. The molecular formula is C32H35F2N7O2. The zero-order valence-electron chi connectivity index (χ0n) is 25.0. The van der Waals surface area contributed by atoms with E-state index in [4.69, 9.17) is 0 Å². The largest absolute Gasteiger partial charge is 0.373 e. The number of halogens is 2. The molecule has 0 aliphatic carbocycles. The summed E-state index contributed by atoms with van der Waals surface area (Å²) >= 11 is 0. The highest BCUT2D eigenvalue weighted by Crippen LogP contribution is 2.37. The summed E-state index contributed by atoms with van der Waals surface area (Å²) in [4.78, 5) is 33.1. The smallest absolute Gasteiger partial charge is 0.323 e. The van der Waals surface area contributed by atoms with Gasteiger partial charge >= 0.3 is 6.03 Å². The van der Waals surface area contributed by atoms with Gasteiger partial charge in [0.25, 0.3) is 0 Å². The Hall–Kier alpha value is -4.80. The Labute approximate surface area is 249 Å². The first-order chi connectivity index (χ1) is 20.3. The van der Waals surface area contributed by atoms with E-state index >= 15 is 0 Å². The van der Waals surface area contributed by atoms with E-state index in [1.54, 1.807) is 35.0 Å². The average Bonchev–Trinajstić information content (AvgIpc) is 3.38. The number of carbonyl (C=O) groups excluding carboxylic acids is 2. The van der Waals surface area contributed by atoms with Crippen molar-refractivity contribution in [3.63, 3.8) is 0 Å². The number of aromatic nitrogens is 3. The lowest BCUT2D eigenvalue weighted by Gasteiger charge is -2.35. The summed E-state index contributed by atoms with van der Waals surface area (Å²) in [5, 5.41) is 13.0. The molecule has 0 saturated carbocycles. The Bertz CT molecular complexity index is 1680. The van der Waals surface area contributed by atoms with Crippen LogP contribution in [0.25, 0.3) is 11.3 Å². The molecule has 0 radical (unpaired) electrons. The zero-order valence-corrected chi connectivity index (χ0v) is 25.0. The molecule has 1 aliphatic heterocycles. The molecule has 1 unspecified atom stereocenters. The van der Waals surface area contributed by atoms with Crippen LogP contribution in [-0.4, -0.2) is 33.8 Å². The lowest BCUT2D eigenvalue weighted by atomic mass is 9.85. The Morgan fingerprint density at radius 1 is 1.00 bits per heavy atom. The van der Waals surface area contributed by atoms with Gasteiger partial charge in [0.1, 0.15) is 23.1 Å². The highest BCUT2D eigenvalue weighted by molar-refractivity contribution is 6.03. The third kappa shape index (κ3) is 6.06. The standard InChI is InChI=1S/C32H35F2N7O2/c1-18(2)27-29-20(9-14-26(35-6)38-29)16-40(30(27)42)22-12-13-23(34)24(15-22)36-31(43)37-25-17-41(32(3,4)5)39-28(25)19-7-10-21(33)11-8-19/h7-15,17-18,27H,16H2,1-6H3,(H,35,38)(H2,36,37,43). The molecule has 1 atom stereocenters. The topological polar surface area (TPSA) is 104 Å². The first-order valence-electron chi connectivity index (χ1n) is 14.1. The zero-order chi connectivity index (χ0) is 31.1. The van der Waals surface area contributed by atoms with Crippen molar-refractivity contribution in [2.24, 2.45) is 5.92 Å². The number of pyridine rings is 1. The van der Waals surface area contributed by atoms with Crippen LogP contribution in [0.5, 0.6) is 0 Å². The maximum atomic E-state index is 15.0. The van der Waals surface area contributed by atoms with Crippen molar-refractivity contribution in [1.82, 2.24) is 14.8 Å². The van der Waals surface area contributed by atoms with Crippen molar-refractivity contribution < 1.29 is 18.4 Å². The summed E-state index contributed by atoms with van der Waals surface area (Å²) < 4.78 is 30.3. The highest BCUT2D eigenvalue weighted by atomic mass is 19.1. The van der Waals surface area contributed by atoms with Crippen LogP contribution in [-0.2, 0) is 16.9 Å². The predicted molar refractivity (Wildman–Crippen MR) is 164 cm³/mol. The van der Waals surface area contributed by atoms with Crippen LogP contribution < -0.4 is 20.9 Å². The van der Waals surface area contributed by atoms with Gasteiger partial charge < -0.3 is 20.9 Å². The van der Waals surface area contributed by atoms with Gasteiger partial charge in [0, 0.05) is 24.5 Å². The molecule has 3 amide bonds. The molecule has 2 aromatic heterocycles. The maximum absolute atomic E-state index is 15.0. The normalized spacial score (nSPS) is 15.0. The molecule has 9 nitrogen and oxygen atoms in total. The molecule has 224 valence electrons. The average molecular weight is 588 g/mol. The van der Waals surface area contributed by atoms with Gasteiger partial charge in [0.2, 0.25) is 5.91 Å². The highest BCUT2D eigenvalue weighted by Gasteiger charge is 2.37. The van der Waals surface area contributed by atoms with Crippen molar-refractivity contribution in [3.05, 3.63) is 83.7 Å². The number of carbonyl (C=O) groups is 2. The van der Waals surface area contributed by atoms with Crippen LogP contribution >= 0.6 is 0 Å². The summed E-state index contributed by atoms with van der Waals surface area (Å²) in [5.41, 5.74) is 3.00. The molecule has 1 aliphatic rings. The van der Waals surface area contributed by atoms with Gasteiger partial charge in [-0.1, -0.05) is 19.9 Å². The van der Waals surface area contributed by atoms with Gasteiger partial charge in [-0.05, 0) is 80.8 Å². The van der Waals surface area contributed by atoms with E-state index in [2.05, 4.69) is 26.0 Å². The molecule has 5 rings (SSSR count). The number of anilines is 4. The van der Waals surface area contributed by atoms with E-state index in [1.165, 1.54) is 30.3 Å². The third-order valence-electron chi connectivity index (χ3n) is 7.37. The van der Waals surface area contributed by atoms with Gasteiger partial charge in [-0.25, -0.2) is 18.6 Å². The van der Waals surface area contributed by atoms with E-state index in [0.29, 0.717) is 28.5 Å². The first-order valence-corrected chi connectivity index (χ1v) is 14.1. The Morgan fingerprint density at radius 3 is 2.35 bits per heavy atom. The maximum Gasteiger partial charge on any atom is 0.323 e. The number of hydrogen-bond acceptors (Lipinski definition) is 5. The van der Waals surface area contributed by atoms with E-state index in [1.807, 2.05) is 46.8 Å². The van der Waals surface area contributed by atoms with Crippen LogP contribution in [0.2, 0.25) is 0 Å². The molecule has 3 heterocycles. The minimum atomic E-state index is -0.702. The third-order valence-corrected chi connectivity index (χ3v) is 7.37. The summed E-state index contributed by atoms with van der Waals surface area (Å²) in [6.45, 7) is 10.1. The van der Waals surface area contributed by atoms with Gasteiger partial charge in [-0.15, -0.1) is 0 Å². The van der Waals surface area contributed by atoms with Gasteiger partial charge in [-0.3, -0.25) is 9.48 Å². The lowest BCUT2D eigenvalue weighted by molar-refractivity contribution is -0.121. The second-order valence-corrected chi connectivity index (χ2v) is 11.9. The summed E-state index contributed by atoms with van der Waals surface area (Å²) in [5.74, 6) is -1.03. The van der Waals surface area contributed by atoms with Crippen molar-refractivity contribution in [2.45, 2.75) is 52.6 Å². The number of rotatable bonds is 6. The van der Waals surface area contributed by atoms with E-state index < -0.39 is 29.1 Å². The number of benzene rings is 2. The van der Waals surface area contributed by atoms with Crippen LogP contribution in [0.15, 0.2) is 60.8 Å². The summed E-state index contributed by atoms with van der Waals surface area (Å²) in [7, 11) is 1.78. The molecule has 43 heavy (non-hydrogen) atoms. The predicted octanol–water partition coefficient (Wildman–Crippen LogP) is 6.95. The first kappa shape index (κ1) is 29.7. The molecule has 2 aromatic carbocycles. The fourth-order valence-electron chi connectivity index (χ4n) is 5.08. The van der Waals surface area contributed by atoms with Crippen molar-refractivity contribution >= 4 is 34.8 Å². The SMILES string of the molecule is CNc1ccc2c(n1)C(C(C)C)C(=O)N(c1ccc(F)c(NC(=O)Nc3cn(C(C)(C)C)nc3-c3ccc(F)cc3)c1)C2. The minimum absolute atomic E-state index is 0.0261. The quantitative estimate of drug-likeness (QED) is 0.227. The molecule has 3 N–H and O–H groups in total. The fourth-order valence-corrected chi connectivity index (χ4v) is 5.08. The van der Waals surface area contributed by atoms with Gasteiger partial charge in [0.15, 0.2) is 0 Å². The van der Waals surface area contributed by atoms with Crippen LogP contribution in [0.4, 0.5) is 36.5 Å². The molecule has 0 spiro atoms. The van der Waals surface area contributed by atoms with Crippen molar-refractivity contribution in [2.75, 3.05) is 27.9 Å². The molecule has 0 saturated heterocycles. The molecular weight excluding hydrogens is 552 g/mol. The fraction of sp³-hybridized carbons (Fsp3) is 0.312. The van der Waals surface area contributed by atoms with E-state index in [0.717, 1.165) is 11.3 Å². The van der Waals surface area contributed by atoms with E-state index in [9.17, 15) is 18.4 Å².